The lowest BCUT2D eigenvalue weighted by Gasteiger charge is -2.31. The molecule has 2 saturated heterocycles. The first-order valence-electron chi connectivity index (χ1n) is 13.0. The van der Waals surface area contributed by atoms with E-state index in [0.717, 1.165) is 74.1 Å². The van der Waals surface area contributed by atoms with Crippen LogP contribution < -0.4 is 19.9 Å². The molecule has 2 aromatic heterocycles. The fourth-order valence-electron chi connectivity index (χ4n) is 4.80. The van der Waals surface area contributed by atoms with Gasteiger partial charge in [0.1, 0.15) is 6.10 Å². The quantitative estimate of drug-likeness (QED) is 0.437. The van der Waals surface area contributed by atoms with Crippen LogP contribution in [0, 0.1) is 0 Å². The van der Waals surface area contributed by atoms with Crippen molar-refractivity contribution in [3.8, 4) is 6.01 Å². The van der Waals surface area contributed by atoms with Gasteiger partial charge in [-0.15, -0.1) is 11.3 Å². The van der Waals surface area contributed by atoms with Gasteiger partial charge in [0, 0.05) is 62.5 Å². The summed E-state index contributed by atoms with van der Waals surface area (Å²) in [6.07, 6.45) is 7.20. The van der Waals surface area contributed by atoms with Gasteiger partial charge < -0.3 is 29.7 Å². The van der Waals surface area contributed by atoms with Crippen molar-refractivity contribution >= 4 is 39.5 Å². The van der Waals surface area contributed by atoms with E-state index in [0.29, 0.717) is 24.9 Å². The van der Waals surface area contributed by atoms with E-state index in [1.54, 1.807) is 35.9 Å². The molecule has 198 valence electrons. The monoisotopic (exact) mass is 534 g/mol. The molecule has 3 aromatic rings. The molecule has 0 amide bonds. The Balaban J connectivity index is 1.15. The molecule has 0 atom stereocenters. The molecular formula is C27H30N6O4S. The van der Waals surface area contributed by atoms with Gasteiger partial charge in [0.25, 0.3) is 0 Å². The van der Waals surface area contributed by atoms with E-state index < -0.39 is 5.97 Å². The molecule has 4 heterocycles. The average Bonchev–Trinajstić information content (AvgIpc) is 3.69. The topological polar surface area (TPSA) is 113 Å². The standard InChI is InChI=1S/C27H30N6O4S/c34-25(35)21-16-19(32-12-14-36-15-13-32)4-5-22(21)30-24(18-2-3-18)23-17-38-27(31-23)33-10-6-20(7-11-33)37-26-28-8-1-9-29-26/h1,4-5,8-9,16-17,20,30H,2-3,6-7,10-15H2,(H,34,35). The summed E-state index contributed by atoms with van der Waals surface area (Å²) >= 11 is 1.62. The maximum atomic E-state index is 12.2. The zero-order valence-corrected chi connectivity index (χ0v) is 21.8. The molecule has 3 fully saturated rings. The number of aromatic carboxylic acids is 1. The number of hydrogen-bond donors (Lipinski definition) is 2. The number of nitrogens with one attached hydrogen (secondary N) is 1. The molecule has 2 N–H and O–H groups in total. The van der Waals surface area contributed by atoms with E-state index in [2.05, 4.69) is 30.5 Å². The number of thiazole rings is 1. The number of nitrogens with zero attached hydrogens (tertiary/aromatic N) is 5. The predicted molar refractivity (Wildman–Crippen MR) is 146 cm³/mol. The van der Waals surface area contributed by atoms with Gasteiger partial charge in [-0.3, -0.25) is 0 Å². The van der Waals surface area contributed by atoms with Crippen molar-refractivity contribution in [3.05, 3.63) is 58.9 Å². The first-order chi connectivity index (χ1) is 18.6. The minimum atomic E-state index is -0.951. The number of carbonyl (C=O) groups is 1. The molecule has 3 aliphatic rings. The lowest BCUT2D eigenvalue weighted by atomic mass is 10.1. The van der Waals surface area contributed by atoms with Gasteiger partial charge in [-0.2, -0.15) is 0 Å². The normalized spacial score (nSPS) is 17.8. The number of rotatable bonds is 8. The molecular weight excluding hydrogens is 504 g/mol. The van der Waals surface area contributed by atoms with Crippen LogP contribution >= 0.6 is 11.3 Å². The molecule has 2 aliphatic heterocycles. The summed E-state index contributed by atoms with van der Waals surface area (Å²) in [6.45, 7) is 4.50. The van der Waals surface area contributed by atoms with Crippen LogP contribution in [0.15, 0.2) is 47.6 Å². The maximum absolute atomic E-state index is 12.2. The SMILES string of the molecule is O=C(O)c1cc(N2CCOCC2)ccc1NC(=C1CC1)c1csc(N2CCC(Oc3ncccn3)CC2)n1. The largest absolute Gasteiger partial charge is 0.478 e. The van der Waals surface area contributed by atoms with E-state index >= 15 is 0 Å². The lowest BCUT2D eigenvalue weighted by Crippen LogP contribution is -2.38. The van der Waals surface area contributed by atoms with Crippen LogP contribution in [0.1, 0.15) is 41.7 Å². The molecule has 0 spiro atoms. The highest BCUT2D eigenvalue weighted by molar-refractivity contribution is 7.13. The zero-order chi connectivity index (χ0) is 25.9. The Labute approximate surface area is 224 Å². The summed E-state index contributed by atoms with van der Waals surface area (Å²) in [4.78, 5) is 29.9. The van der Waals surface area contributed by atoms with E-state index in [-0.39, 0.29) is 11.7 Å². The Hall–Kier alpha value is -3.70. The molecule has 0 unspecified atom stereocenters. The van der Waals surface area contributed by atoms with Crippen LogP contribution in [-0.2, 0) is 4.74 Å². The third kappa shape index (κ3) is 5.58. The summed E-state index contributed by atoms with van der Waals surface area (Å²) < 4.78 is 11.4. The summed E-state index contributed by atoms with van der Waals surface area (Å²) in [7, 11) is 0. The number of carboxylic acids is 1. The molecule has 6 rings (SSSR count). The number of ether oxygens (including phenoxy) is 2. The van der Waals surface area contributed by atoms with Crippen molar-refractivity contribution in [2.45, 2.75) is 31.8 Å². The molecule has 1 saturated carbocycles. The first-order valence-corrected chi connectivity index (χ1v) is 13.9. The summed E-state index contributed by atoms with van der Waals surface area (Å²) in [6, 6.07) is 7.80. The minimum Gasteiger partial charge on any atom is -0.478 e. The Morgan fingerprint density at radius 1 is 1.08 bits per heavy atom. The number of aromatic nitrogens is 3. The van der Waals surface area contributed by atoms with Crippen molar-refractivity contribution in [3.63, 3.8) is 0 Å². The first kappa shape index (κ1) is 24.6. The van der Waals surface area contributed by atoms with Crippen molar-refractivity contribution in [1.82, 2.24) is 15.0 Å². The average molecular weight is 535 g/mol. The third-order valence-electron chi connectivity index (χ3n) is 7.00. The van der Waals surface area contributed by atoms with Crippen molar-refractivity contribution in [2.24, 2.45) is 0 Å². The van der Waals surface area contributed by atoms with Gasteiger partial charge in [0.15, 0.2) is 5.13 Å². The number of hydrogen-bond acceptors (Lipinski definition) is 10. The second kappa shape index (κ2) is 11.0. The van der Waals surface area contributed by atoms with E-state index in [1.165, 1.54) is 5.57 Å². The maximum Gasteiger partial charge on any atom is 0.337 e. The number of allylic oxidation sites excluding steroid dienone is 1. The van der Waals surface area contributed by atoms with Crippen LogP contribution in [0.4, 0.5) is 16.5 Å². The van der Waals surface area contributed by atoms with Gasteiger partial charge in [0.05, 0.1) is 35.9 Å². The highest BCUT2D eigenvalue weighted by atomic mass is 32.1. The molecule has 38 heavy (non-hydrogen) atoms. The van der Waals surface area contributed by atoms with Crippen molar-refractivity contribution in [2.75, 3.05) is 54.5 Å². The van der Waals surface area contributed by atoms with E-state index in [9.17, 15) is 9.90 Å². The molecule has 11 heteroatoms. The zero-order valence-electron chi connectivity index (χ0n) is 21.0. The van der Waals surface area contributed by atoms with E-state index in [1.807, 2.05) is 12.1 Å². The third-order valence-corrected chi connectivity index (χ3v) is 7.90. The Bertz CT molecular complexity index is 1310. The summed E-state index contributed by atoms with van der Waals surface area (Å²) in [5, 5.41) is 16.4. The Kier molecular flexibility index (Phi) is 7.10. The number of carboxylic acid groups (broad SMARTS) is 1. The van der Waals surface area contributed by atoms with Crippen LogP contribution in [0.25, 0.3) is 5.70 Å². The Morgan fingerprint density at radius 2 is 1.84 bits per heavy atom. The smallest absolute Gasteiger partial charge is 0.337 e. The second-order valence-electron chi connectivity index (χ2n) is 9.59. The van der Waals surface area contributed by atoms with Crippen molar-refractivity contribution in [1.29, 1.82) is 0 Å². The van der Waals surface area contributed by atoms with Gasteiger partial charge in [-0.25, -0.2) is 19.7 Å². The van der Waals surface area contributed by atoms with Crippen LogP contribution in [0.3, 0.4) is 0 Å². The van der Waals surface area contributed by atoms with Crippen LogP contribution in [0.2, 0.25) is 0 Å². The molecule has 1 aromatic carbocycles. The molecule has 0 bridgehead atoms. The number of morpholine rings is 1. The number of anilines is 3. The number of piperidine rings is 1. The van der Waals surface area contributed by atoms with Crippen LogP contribution in [-0.4, -0.2) is 71.5 Å². The highest BCUT2D eigenvalue weighted by Gasteiger charge is 2.26. The van der Waals surface area contributed by atoms with Crippen molar-refractivity contribution < 1.29 is 19.4 Å². The van der Waals surface area contributed by atoms with E-state index in [4.69, 9.17) is 14.5 Å². The predicted octanol–water partition coefficient (Wildman–Crippen LogP) is 4.13. The summed E-state index contributed by atoms with van der Waals surface area (Å²) in [5.41, 5.74) is 4.80. The molecule has 1 aliphatic carbocycles. The fourth-order valence-corrected chi connectivity index (χ4v) is 5.67. The highest BCUT2D eigenvalue weighted by Crippen LogP contribution is 2.39. The lowest BCUT2D eigenvalue weighted by molar-refractivity contribution is 0.0698. The van der Waals surface area contributed by atoms with Crippen LogP contribution in [0.5, 0.6) is 6.01 Å². The van der Waals surface area contributed by atoms with Gasteiger partial charge >= 0.3 is 12.0 Å². The van der Waals surface area contributed by atoms with Gasteiger partial charge in [-0.05, 0) is 42.7 Å². The fraction of sp³-hybridized carbons (Fsp3) is 0.407. The van der Waals surface area contributed by atoms with Gasteiger partial charge in [-0.1, -0.05) is 0 Å². The Morgan fingerprint density at radius 3 is 2.55 bits per heavy atom. The molecule has 10 nitrogen and oxygen atoms in total. The second-order valence-corrected chi connectivity index (χ2v) is 10.4. The van der Waals surface area contributed by atoms with Gasteiger partial charge in [0.2, 0.25) is 0 Å². The minimum absolute atomic E-state index is 0.0915. The number of benzene rings is 1. The summed E-state index contributed by atoms with van der Waals surface area (Å²) in [5.74, 6) is -0.951. The molecule has 0 radical (unpaired) electrons.